The number of amides is 1. The first kappa shape index (κ1) is 21.2. The summed E-state index contributed by atoms with van der Waals surface area (Å²) in [6, 6.07) is 8.58. The van der Waals surface area contributed by atoms with Crippen molar-refractivity contribution in [2.45, 2.75) is 69.4 Å². The van der Waals surface area contributed by atoms with Gasteiger partial charge in [0.15, 0.2) is 5.60 Å². The summed E-state index contributed by atoms with van der Waals surface area (Å²) in [6.45, 7) is 5.05. The summed E-state index contributed by atoms with van der Waals surface area (Å²) in [4.78, 5) is 15.1. The number of carbonyl (C=O) groups is 1. The number of rotatable bonds is 5. The SMILES string of the molecule is CC(C)(N)CC1CCN(C(=O)[C@](O)(c2ccccc2)[C@@H]2CCC(F)(F)C2)CC1. The molecular weight excluding hydrogens is 362 g/mol. The van der Waals surface area contributed by atoms with Crippen LogP contribution in [0.15, 0.2) is 30.3 Å². The molecule has 1 aliphatic heterocycles. The predicted molar refractivity (Wildman–Crippen MR) is 105 cm³/mol. The predicted octanol–water partition coefficient (Wildman–Crippen LogP) is 3.68. The van der Waals surface area contributed by atoms with E-state index in [9.17, 15) is 18.7 Å². The van der Waals surface area contributed by atoms with Gasteiger partial charge in [0.2, 0.25) is 5.92 Å². The fourth-order valence-corrected chi connectivity index (χ4v) is 4.86. The van der Waals surface area contributed by atoms with Gasteiger partial charge in [-0.1, -0.05) is 30.3 Å². The van der Waals surface area contributed by atoms with Gasteiger partial charge in [-0.2, -0.15) is 0 Å². The first-order valence-corrected chi connectivity index (χ1v) is 10.3. The number of halogens is 2. The number of hydrogen-bond donors (Lipinski definition) is 2. The van der Waals surface area contributed by atoms with Crippen LogP contribution in [0.25, 0.3) is 0 Å². The van der Waals surface area contributed by atoms with Gasteiger partial charge in [-0.25, -0.2) is 8.78 Å². The number of alkyl halides is 2. The van der Waals surface area contributed by atoms with E-state index in [1.807, 2.05) is 13.8 Å². The number of likely N-dealkylation sites (tertiary alicyclic amines) is 1. The molecule has 156 valence electrons. The number of benzene rings is 1. The highest BCUT2D eigenvalue weighted by Crippen LogP contribution is 2.48. The minimum atomic E-state index is -2.83. The smallest absolute Gasteiger partial charge is 0.259 e. The first-order chi connectivity index (χ1) is 13.0. The lowest BCUT2D eigenvalue weighted by Crippen LogP contribution is -2.53. The van der Waals surface area contributed by atoms with Crippen LogP contribution in [0.2, 0.25) is 0 Å². The zero-order valence-electron chi connectivity index (χ0n) is 16.8. The third kappa shape index (κ3) is 4.54. The second-order valence-corrected chi connectivity index (χ2v) is 9.36. The Bertz CT molecular complexity index is 682. The molecule has 0 bridgehead atoms. The van der Waals surface area contributed by atoms with E-state index in [1.54, 1.807) is 35.2 Å². The summed E-state index contributed by atoms with van der Waals surface area (Å²) in [5.41, 5.74) is 4.38. The van der Waals surface area contributed by atoms with Gasteiger partial charge in [0.25, 0.3) is 5.91 Å². The number of nitrogens with two attached hydrogens (primary N) is 1. The summed E-state index contributed by atoms with van der Waals surface area (Å²) >= 11 is 0. The first-order valence-electron chi connectivity index (χ1n) is 10.3. The van der Waals surface area contributed by atoms with Crippen LogP contribution >= 0.6 is 0 Å². The van der Waals surface area contributed by atoms with E-state index in [2.05, 4.69) is 0 Å². The molecule has 1 saturated heterocycles. The van der Waals surface area contributed by atoms with Crippen LogP contribution in [-0.4, -0.2) is 40.5 Å². The molecule has 1 heterocycles. The molecule has 4 nitrogen and oxygen atoms in total. The van der Waals surface area contributed by atoms with Crippen molar-refractivity contribution in [2.24, 2.45) is 17.6 Å². The standard InChI is InChI=1S/C22H32F2N2O2/c1-20(2,25)14-16-9-12-26(13-10-16)19(27)22(28,17-6-4-3-5-7-17)18-8-11-21(23,24)15-18/h3-7,16,18,28H,8-15,25H2,1-2H3/t18-,22+/m1/s1. The average Bonchev–Trinajstić information content (AvgIpc) is 3.01. The van der Waals surface area contributed by atoms with Gasteiger partial charge >= 0.3 is 0 Å². The van der Waals surface area contributed by atoms with E-state index in [0.29, 0.717) is 24.6 Å². The van der Waals surface area contributed by atoms with E-state index in [0.717, 1.165) is 19.3 Å². The highest BCUT2D eigenvalue weighted by molar-refractivity contribution is 5.87. The van der Waals surface area contributed by atoms with Crippen molar-refractivity contribution in [3.63, 3.8) is 0 Å². The van der Waals surface area contributed by atoms with E-state index in [-0.39, 0.29) is 18.4 Å². The third-order valence-corrected chi connectivity index (χ3v) is 6.25. The van der Waals surface area contributed by atoms with Crippen LogP contribution in [-0.2, 0) is 10.4 Å². The summed E-state index contributed by atoms with van der Waals surface area (Å²) in [6.07, 6.45) is 1.92. The monoisotopic (exact) mass is 394 g/mol. The fraction of sp³-hybridized carbons (Fsp3) is 0.682. The van der Waals surface area contributed by atoms with Gasteiger partial charge in [-0.3, -0.25) is 4.79 Å². The molecular formula is C22H32F2N2O2. The molecule has 3 N–H and O–H groups in total. The highest BCUT2D eigenvalue weighted by Gasteiger charge is 2.54. The Labute approximate surface area is 166 Å². The van der Waals surface area contributed by atoms with Gasteiger partial charge in [-0.05, 0) is 51.0 Å². The van der Waals surface area contributed by atoms with E-state index in [4.69, 9.17) is 5.73 Å². The number of aliphatic hydroxyl groups is 1. The van der Waals surface area contributed by atoms with Crippen molar-refractivity contribution in [1.29, 1.82) is 0 Å². The Morgan fingerprint density at radius 3 is 2.32 bits per heavy atom. The number of piperidine rings is 1. The maximum atomic E-state index is 13.9. The molecule has 0 unspecified atom stereocenters. The van der Waals surface area contributed by atoms with Crippen molar-refractivity contribution in [3.05, 3.63) is 35.9 Å². The normalized spacial score (nSPS) is 25.5. The van der Waals surface area contributed by atoms with E-state index >= 15 is 0 Å². The largest absolute Gasteiger partial charge is 0.375 e. The van der Waals surface area contributed by atoms with Crippen molar-refractivity contribution >= 4 is 5.91 Å². The minimum absolute atomic E-state index is 0.141. The molecule has 3 rings (SSSR count). The number of hydrogen-bond acceptors (Lipinski definition) is 3. The third-order valence-electron chi connectivity index (χ3n) is 6.25. The van der Waals surface area contributed by atoms with Crippen LogP contribution in [0, 0.1) is 11.8 Å². The summed E-state index contributed by atoms with van der Waals surface area (Å²) < 4.78 is 27.8. The van der Waals surface area contributed by atoms with Crippen LogP contribution < -0.4 is 5.73 Å². The molecule has 1 aromatic carbocycles. The van der Waals surface area contributed by atoms with Crippen molar-refractivity contribution < 1.29 is 18.7 Å². The molecule has 2 aliphatic rings. The Morgan fingerprint density at radius 2 is 1.82 bits per heavy atom. The molecule has 1 aliphatic carbocycles. The van der Waals surface area contributed by atoms with Crippen LogP contribution in [0.3, 0.4) is 0 Å². The number of carbonyl (C=O) groups excluding carboxylic acids is 1. The highest BCUT2D eigenvalue weighted by atomic mass is 19.3. The van der Waals surface area contributed by atoms with E-state index in [1.165, 1.54) is 0 Å². The molecule has 0 radical (unpaired) electrons. The van der Waals surface area contributed by atoms with Crippen LogP contribution in [0.4, 0.5) is 8.78 Å². The van der Waals surface area contributed by atoms with Gasteiger partial charge in [0.05, 0.1) is 0 Å². The maximum absolute atomic E-state index is 13.9. The molecule has 28 heavy (non-hydrogen) atoms. The van der Waals surface area contributed by atoms with Crippen molar-refractivity contribution in [1.82, 2.24) is 4.90 Å². The fourth-order valence-electron chi connectivity index (χ4n) is 4.86. The topological polar surface area (TPSA) is 66.6 Å². The second-order valence-electron chi connectivity index (χ2n) is 9.36. The van der Waals surface area contributed by atoms with Crippen LogP contribution in [0.5, 0.6) is 0 Å². The quantitative estimate of drug-likeness (QED) is 0.801. The molecule has 2 fully saturated rings. The number of nitrogens with zero attached hydrogens (tertiary/aromatic N) is 1. The lowest BCUT2D eigenvalue weighted by molar-refractivity contribution is -0.162. The molecule has 1 amide bonds. The minimum Gasteiger partial charge on any atom is -0.375 e. The van der Waals surface area contributed by atoms with Gasteiger partial charge in [0, 0.05) is 37.4 Å². The Hall–Kier alpha value is -1.53. The zero-order chi connectivity index (χ0) is 20.6. The van der Waals surface area contributed by atoms with Gasteiger partial charge in [0.1, 0.15) is 0 Å². The Kier molecular flexibility index (Phi) is 5.84. The zero-order valence-corrected chi connectivity index (χ0v) is 16.8. The second kappa shape index (κ2) is 7.71. The summed E-state index contributed by atoms with van der Waals surface area (Å²) in [7, 11) is 0. The van der Waals surface area contributed by atoms with Gasteiger partial charge in [-0.15, -0.1) is 0 Å². The summed E-state index contributed by atoms with van der Waals surface area (Å²) in [5.74, 6) is -3.61. The Morgan fingerprint density at radius 1 is 1.21 bits per heavy atom. The lowest BCUT2D eigenvalue weighted by Gasteiger charge is -2.41. The molecule has 1 saturated carbocycles. The van der Waals surface area contributed by atoms with E-state index < -0.39 is 29.8 Å². The maximum Gasteiger partial charge on any atom is 0.259 e. The van der Waals surface area contributed by atoms with Gasteiger partial charge < -0.3 is 15.7 Å². The molecule has 0 spiro atoms. The molecule has 1 aromatic rings. The van der Waals surface area contributed by atoms with Crippen LogP contribution in [0.1, 0.15) is 57.9 Å². The lowest BCUT2D eigenvalue weighted by atomic mass is 9.78. The summed E-state index contributed by atoms with van der Waals surface area (Å²) in [5, 5.41) is 11.5. The van der Waals surface area contributed by atoms with Crippen molar-refractivity contribution in [3.8, 4) is 0 Å². The Balaban J connectivity index is 1.79. The average molecular weight is 395 g/mol. The molecule has 2 atom stereocenters. The van der Waals surface area contributed by atoms with Crippen molar-refractivity contribution in [2.75, 3.05) is 13.1 Å². The molecule has 6 heteroatoms. The molecule has 0 aromatic heterocycles.